The van der Waals surface area contributed by atoms with Gasteiger partial charge in [0.15, 0.2) is 6.10 Å². The second-order valence-corrected chi connectivity index (χ2v) is 13.7. The van der Waals surface area contributed by atoms with Gasteiger partial charge in [-0.1, -0.05) is 63.9 Å². The SMILES string of the molecule is CC(OC(=O)c1cc(-c2ccc(N3C(=O)C4C5C=CC(C6CC56)C4C3=O)cc2)nc2ccc(Br)cc12)C(=O)c1cccc(Cl)c1. The zero-order valence-corrected chi connectivity index (χ0v) is 26.4. The number of carbonyl (C=O) groups is 4. The van der Waals surface area contributed by atoms with E-state index in [2.05, 4.69) is 28.1 Å². The van der Waals surface area contributed by atoms with E-state index in [0.717, 1.165) is 10.9 Å². The molecule has 7 nitrogen and oxygen atoms in total. The highest BCUT2D eigenvalue weighted by molar-refractivity contribution is 9.10. The van der Waals surface area contributed by atoms with Crippen molar-refractivity contribution in [3.05, 3.63) is 106 Å². The van der Waals surface area contributed by atoms with E-state index in [1.165, 1.54) is 17.9 Å². The van der Waals surface area contributed by atoms with E-state index in [1.807, 2.05) is 6.07 Å². The number of aromatic nitrogens is 1. The van der Waals surface area contributed by atoms with E-state index in [1.54, 1.807) is 60.7 Å². The van der Waals surface area contributed by atoms with Crippen molar-refractivity contribution in [1.82, 2.24) is 4.98 Å². The first-order valence-corrected chi connectivity index (χ1v) is 16.1. The van der Waals surface area contributed by atoms with E-state index in [0.29, 0.717) is 50.3 Å². The molecule has 2 bridgehead atoms. The molecule has 7 atom stereocenters. The van der Waals surface area contributed by atoms with Gasteiger partial charge < -0.3 is 4.74 Å². The molecule has 45 heavy (non-hydrogen) atoms. The Labute approximate surface area is 272 Å². The van der Waals surface area contributed by atoms with E-state index in [-0.39, 0.29) is 46.8 Å². The van der Waals surface area contributed by atoms with Crippen molar-refractivity contribution in [1.29, 1.82) is 0 Å². The summed E-state index contributed by atoms with van der Waals surface area (Å²) in [5.74, 6) is -0.378. The fourth-order valence-corrected chi connectivity index (χ4v) is 8.21. The number of fused-ring (bicyclic) bond motifs is 1. The Hall–Kier alpha value is -4.14. The van der Waals surface area contributed by atoms with Crippen LogP contribution in [0.15, 0.2) is 89.4 Å². The number of nitrogens with zero attached hydrogens (tertiary/aromatic N) is 2. The van der Waals surface area contributed by atoms with Gasteiger partial charge in [-0.3, -0.25) is 19.3 Å². The first-order chi connectivity index (χ1) is 21.7. The number of halogens is 2. The number of ether oxygens (including phenoxy) is 1. The van der Waals surface area contributed by atoms with Gasteiger partial charge >= 0.3 is 5.97 Å². The normalized spacial score (nSPS) is 26.5. The van der Waals surface area contributed by atoms with Crippen molar-refractivity contribution in [3.8, 4) is 11.3 Å². The van der Waals surface area contributed by atoms with Crippen LogP contribution in [0.2, 0.25) is 5.02 Å². The Bertz CT molecular complexity index is 1960. The summed E-state index contributed by atoms with van der Waals surface area (Å²) >= 11 is 9.52. The van der Waals surface area contributed by atoms with Crippen molar-refractivity contribution >= 4 is 67.7 Å². The average molecular weight is 682 g/mol. The summed E-state index contributed by atoms with van der Waals surface area (Å²) in [6.45, 7) is 1.53. The number of hydrogen-bond acceptors (Lipinski definition) is 6. The molecule has 1 aliphatic heterocycles. The summed E-state index contributed by atoms with van der Waals surface area (Å²) in [6.07, 6.45) is 4.40. The van der Waals surface area contributed by atoms with Crippen molar-refractivity contribution < 1.29 is 23.9 Å². The number of Topliss-reactive ketones (excluding diaryl/α,β-unsaturated/α-hetero) is 1. The number of hydrogen-bond donors (Lipinski definition) is 0. The minimum atomic E-state index is -1.05. The van der Waals surface area contributed by atoms with Gasteiger partial charge in [0.1, 0.15) is 0 Å². The average Bonchev–Trinajstić information content (AvgIpc) is 3.82. The topological polar surface area (TPSA) is 93.6 Å². The molecule has 3 fully saturated rings. The van der Waals surface area contributed by atoms with Crippen LogP contribution in [0, 0.1) is 35.5 Å². The maximum atomic E-state index is 13.6. The van der Waals surface area contributed by atoms with Gasteiger partial charge in [-0.25, -0.2) is 9.78 Å². The summed E-state index contributed by atoms with van der Waals surface area (Å²) in [4.78, 5) is 59.8. The minimum absolute atomic E-state index is 0.108. The van der Waals surface area contributed by atoms with Crippen LogP contribution in [0.4, 0.5) is 5.69 Å². The Morgan fingerprint density at radius 2 is 1.62 bits per heavy atom. The van der Waals surface area contributed by atoms with Gasteiger partial charge in [-0.05, 0) is 85.5 Å². The molecule has 0 N–H and O–H groups in total. The van der Waals surface area contributed by atoms with Gasteiger partial charge in [0.25, 0.3) is 0 Å². The Morgan fingerprint density at radius 1 is 0.933 bits per heavy atom. The minimum Gasteiger partial charge on any atom is -0.451 e. The lowest BCUT2D eigenvalue weighted by molar-refractivity contribution is -0.124. The summed E-state index contributed by atoms with van der Waals surface area (Å²) in [5, 5.41) is 0.978. The van der Waals surface area contributed by atoms with Crippen LogP contribution in [0.25, 0.3) is 22.2 Å². The van der Waals surface area contributed by atoms with Crippen molar-refractivity contribution in [3.63, 3.8) is 0 Å². The lowest BCUT2D eigenvalue weighted by Crippen LogP contribution is -2.40. The monoisotopic (exact) mass is 680 g/mol. The third-order valence-electron chi connectivity index (χ3n) is 9.84. The molecule has 0 radical (unpaired) electrons. The summed E-state index contributed by atoms with van der Waals surface area (Å²) in [6, 6.07) is 20.7. The zero-order chi connectivity index (χ0) is 31.1. The predicted molar refractivity (Wildman–Crippen MR) is 173 cm³/mol. The van der Waals surface area contributed by atoms with E-state index < -0.39 is 12.1 Å². The molecule has 9 rings (SSSR count). The highest BCUT2D eigenvalue weighted by Crippen LogP contribution is 2.65. The van der Waals surface area contributed by atoms with Crippen LogP contribution in [0.1, 0.15) is 34.1 Å². The molecule has 4 aliphatic carbocycles. The number of anilines is 1. The molecule has 0 spiro atoms. The Morgan fingerprint density at radius 3 is 2.29 bits per heavy atom. The fraction of sp³-hybridized carbons (Fsp3) is 0.250. The van der Waals surface area contributed by atoms with Gasteiger partial charge in [-0.2, -0.15) is 0 Å². The smallest absolute Gasteiger partial charge is 0.339 e. The maximum absolute atomic E-state index is 13.6. The Balaban J connectivity index is 1.09. The molecule has 224 valence electrons. The van der Waals surface area contributed by atoms with Gasteiger partial charge in [0, 0.05) is 26.0 Å². The maximum Gasteiger partial charge on any atom is 0.339 e. The van der Waals surface area contributed by atoms with Crippen molar-refractivity contribution in [2.24, 2.45) is 35.5 Å². The molecule has 1 saturated heterocycles. The third-order valence-corrected chi connectivity index (χ3v) is 10.6. The van der Waals surface area contributed by atoms with Gasteiger partial charge in [-0.15, -0.1) is 0 Å². The van der Waals surface area contributed by atoms with Gasteiger partial charge in [0.05, 0.1) is 34.3 Å². The number of imide groups is 1. The molecule has 4 aromatic rings. The summed E-state index contributed by atoms with van der Waals surface area (Å²) in [7, 11) is 0. The highest BCUT2D eigenvalue weighted by Gasteiger charge is 2.67. The van der Waals surface area contributed by atoms with Crippen LogP contribution < -0.4 is 4.90 Å². The first kappa shape index (κ1) is 28.3. The van der Waals surface area contributed by atoms with Crippen LogP contribution in [-0.2, 0) is 14.3 Å². The van der Waals surface area contributed by atoms with Crippen LogP contribution in [-0.4, -0.2) is 34.7 Å². The van der Waals surface area contributed by atoms with E-state index >= 15 is 0 Å². The number of allylic oxidation sites excluding steroid dienone is 2. The molecule has 9 heteroatoms. The van der Waals surface area contributed by atoms with Gasteiger partial charge in [0.2, 0.25) is 17.6 Å². The lowest BCUT2D eigenvalue weighted by Gasteiger charge is -2.37. The van der Waals surface area contributed by atoms with Crippen molar-refractivity contribution in [2.45, 2.75) is 19.4 Å². The molecular formula is C36H26BrClN2O5. The number of esters is 1. The number of rotatable bonds is 6. The molecule has 7 unspecified atom stereocenters. The number of ketones is 1. The standard InChI is InChI=1S/C36H26BrClN2O5/c1-17(33(41)19-3-2-4-21(38)13-19)45-36(44)28-16-30(39-29-12-7-20(37)14-27(28)29)18-5-8-22(9-6-18)40-34(42)31-23-10-11-24(26-15-25(23)26)32(31)35(40)43/h2-14,16-17,23-26,31-32H,15H2,1H3. The quantitative estimate of drug-likeness (QED) is 0.0918. The fourth-order valence-electron chi connectivity index (χ4n) is 7.66. The summed E-state index contributed by atoms with van der Waals surface area (Å²) < 4.78 is 6.42. The molecule has 5 aliphatic rings. The number of benzene rings is 3. The highest BCUT2D eigenvalue weighted by atomic mass is 79.9. The molecule has 2 heterocycles. The Kier molecular flexibility index (Phi) is 6.59. The van der Waals surface area contributed by atoms with Crippen molar-refractivity contribution in [2.75, 3.05) is 4.90 Å². The summed E-state index contributed by atoms with van der Waals surface area (Å²) in [5.41, 5.74) is 2.90. The first-order valence-electron chi connectivity index (χ1n) is 15.0. The molecule has 3 aromatic carbocycles. The second-order valence-electron chi connectivity index (χ2n) is 12.4. The number of pyridine rings is 1. The second kappa shape index (κ2) is 10.5. The largest absolute Gasteiger partial charge is 0.451 e. The van der Waals surface area contributed by atoms with Crippen LogP contribution >= 0.6 is 27.5 Å². The third kappa shape index (κ3) is 4.57. The lowest BCUT2D eigenvalue weighted by atomic mass is 9.63. The molecular weight excluding hydrogens is 656 g/mol. The molecule has 1 aromatic heterocycles. The van der Waals surface area contributed by atoms with E-state index in [4.69, 9.17) is 21.3 Å². The predicted octanol–water partition coefficient (Wildman–Crippen LogP) is 7.30. The van der Waals surface area contributed by atoms with Crippen LogP contribution in [0.3, 0.4) is 0 Å². The zero-order valence-electron chi connectivity index (χ0n) is 24.0. The van der Waals surface area contributed by atoms with Crippen LogP contribution in [0.5, 0.6) is 0 Å². The molecule has 2 amide bonds. The van der Waals surface area contributed by atoms with E-state index in [9.17, 15) is 19.2 Å². The number of carbonyl (C=O) groups excluding carboxylic acids is 4. The molecule has 2 saturated carbocycles. The number of amides is 2.